The highest BCUT2D eigenvalue weighted by Gasteiger charge is 1.97. The first kappa shape index (κ1) is 10.1. The molecule has 0 aliphatic rings. The minimum atomic E-state index is -0.0297. The Balaban J connectivity index is 2.59. The van der Waals surface area contributed by atoms with Crippen molar-refractivity contribution in [2.24, 2.45) is 5.73 Å². The van der Waals surface area contributed by atoms with Crippen molar-refractivity contribution >= 4 is 0 Å². The Morgan fingerprint density at radius 2 is 2.00 bits per heavy atom. The van der Waals surface area contributed by atoms with Crippen molar-refractivity contribution in [3.63, 3.8) is 0 Å². The third-order valence-corrected chi connectivity index (χ3v) is 1.73. The van der Waals surface area contributed by atoms with Gasteiger partial charge >= 0.3 is 0 Å². The summed E-state index contributed by atoms with van der Waals surface area (Å²) in [6, 6.07) is 7.94. The van der Waals surface area contributed by atoms with Gasteiger partial charge in [-0.25, -0.2) is 0 Å². The average molecular weight is 178 g/mol. The Hall–Kier alpha value is -1.02. The Morgan fingerprint density at radius 1 is 1.38 bits per heavy atom. The molecular weight excluding hydrogens is 162 g/mol. The van der Waals surface area contributed by atoms with Gasteiger partial charge in [0.05, 0.1) is 6.61 Å². The summed E-state index contributed by atoms with van der Waals surface area (Å²) in [6.07, 6.45) is 0.812. The summed E-state index contributed by atoms with van der Waals surface area (Å²) in [5.74, 6) is 0.906. The molecule has 0 amide bonds. The van der Waals surface area contributed by atoms with Crippen LogP contribution in [-0.2, 0) is 6.42 Å². The fourth-order valence-electron chi connectivity index (χ4n) is 1.19. The first-order valence-electron chi connectivity index (χ1n) is 4.52. The van der Waals surface area contributed by atoms with E-state index in [0.29, 0.717) is 6.61 Å². The summed E-state index contributed by atoms with van der Waals surface area (Å²) >= 11 is 0. The zero-order valence-electron chi connectivity index (χ0n) is 7.99. The minimum Gasteiger partial charge on any atom is -0.494 e. The summed E-state index contributed by atoms with van der Waals surface area (Å²) < 4.78 is 5.32. The highest BCUT2D eigenvalue weighted by atomic mass is 16.5. The molecule has 13 heavy (non-hydrogen) atoms. The van der Waals surface area contributed by atoms with Crippen LogP contribution in [0.3, 0.4) is 0 Å². The maximum atomic E-state index is 5.58. The molecule has 1 aromatic rings. The average Bonchev–Trinajstić information content (AvgIpc) is 2.08. The van der Waals surface area contributed by atoms with Crippen LogP contribution in [0.4, 0.5) is 0 Å². The molecule has 2 nitrogen and oxygen atoms in total. The van der Waals surface area contributed by atoms with Crippen LogP contribution < -0.4 is 10.5 Å². The predicted octanol–water partition coefficient (Wildman–Crippen LogP) is 1.79. The zero-order valence-corrected chi connectivity index (χ0v) is 7.99. The molecule has 0 saturated heterocycles. The number of rotatable bonds is 4. The second-order valence-corrected chi connectivity index (χ2v) is 3.04. The molecule has 1 radical (unpaired) electrons. The normalized spacial score (nSPS) is 12.5. The molecule has 1 aromatic carbocycles. The second-order valence-electron chi connectivity index (χ2n) is 3.04. The molecule has 1 atom stereocenters. The fourth-order valence-corrected chi connectivity index (χ4v) is 1.19. The molecule has 0 bridgehead atoms. The summed E-state index contributed by atoms with van der Waals surface area (Å²) in [7, 11) is 0. The van der Waals surface area contributed by atoms with Gasteiger partial charge in [0.1, 0.15) is 5.75 Å². The van der Waals surface area contributed by atoms with E-state index in [4.69, 9.17) is 10.5 Å². The number of ether oxygens (including phenoxy) is 1. The van der Waals surface area contributed by atoms with Crippen LogP contribution in [0, 0.1) is 6.92 Å². The SMILES string of the molecule is [CH2]C(N)Cc1ccc(OCC)cc1. The molecule has 0 aromatic heterocycles. The van der Waals surface area contributed by atoms with Crippen molar-refractivity contribution < 1.29 is 4.74 Å². The maximum Gasteiger partial charge on any atom is 0.119 e. The van der Waals surface area contributed by atoms with E-state index >= 15 is 0 Å². The molecule has 71 valence electrons. The third kappa shape index (κ3) is 3.47. The van der Waals surface area contributed by atoms with E-state index in [9.17, 15) is 0 Å². The van der Waals surface area contributed by atoms with Crippen molar-refractivity contribution in [3.05, 3.63) is 36.8 Å². The molecule has 0 fully saturated rings. The Morgan fingerprint density at radius 3 is 2.46 bits per heavy atom. The van der Waals surface area contributed by atoms with E-state index in [1.807, 2.05) is 31.2 Å². The van der Waals surface area contributed by atoms with Gasteiger partial charge in [-0.3, -0.25) is 0 Å². The molecular formula is C11H16NO. The highest BCUT2D eigenvalue weighted by Crippen LogP contribution is 2.12. The van der Waals surface area contributed by atoms with Gasteiger partial charge in [0.25, 0.3) is 0 Å². The Bertz CT molecular complexity index is 241. The van der Waals surface area contributed by atoms with Gasteiger partial charge in [-0.1, -0.05) is 12.1 Å². The van der Waals surface area contributed by atoms with E-state index in [1.54, 1.807) is 0 Å². The standard InChI is InChI=1S/C11H16NO/c1-3-13-11-6-4-10(5-7-11)8-9(2)12/h4-7,9H,2-3,8,12H2,1H3. The summed E-state index contributed by atoms with van der Waals surface area (Å²) in [5.41, 5.74) is 6.78. The Labute approximate surface area is 79.7 Å². The zero-order chi connectivity index (χ0) is 9.68. The minimum absolute atomic E-state index is 0.0297. The molecule has 0 heterocycles. The van der Waals surface area contributed by atoms with Gasteiger partial charge in [-0.2, -0.15) is 0 Å². The van der Waals surface area contributed by atoms with Crippen molar-refractivity contribution in [2.75, 3.05) is 6.61 Å². The Kier molecular flexibility index (Phi) is 3.77. The third-order valence-electron chi connectivity index (χ3n) is 1.73. The largest absolute Gasteiger partial charge is 0.494 e. The number of hydrogen-bond acceptors (Lipinski definition) is 2. The smallest absolute Gasteiger partial charge is 0.119 e. The van der Waals surface area contributed by atoms with E-state index in [1.165, 1.54) is 5.56 Å². The second kappa shape index (κ2) is 4.87. The number of benzene rings is 1. The van der Waals surface area contributed by atoms with Crippen LogP contribution in [-0.4, -0.2) is 12.6 Å². The van der Waals surface area contributed by atoms with E-state index < -0.39 is 0 Å². The molecule has 1 rings (SSSR count). The van der Waals surface area contributed by atoms with Gasteiger partial charge in [-0.15, -0.1) is 0 Å². The molecule has 2 heteroatoms. The van der Waals surface area contributed by atoms with E-state index in [0.717, 1.165) is 12.2 Å². The lowest BCUT2D eigenvalue weighted by molar-refractivity contribution is 0.340. The predicted molar refractivity (Wildman–Crippen MR) is 54.6 cm³/mol. The van der Waals surface area contributed by atoms with Gasteiger partial charge in [0.2, 0.25) is 0 Å². The van der Waals surface area contributed by atoms with Crippen molar-refractivity contribution in [1.82, 2.24) is 0 Å². The summed E-state index contributed by atoms with van der Waals surface area (Å²) in [6.45, 7) is 6.41. The van der Waals surface area contributed by atoms with Crippen molar-refractivity contribution in [2.45, 2.75) is 19.4 Å². The van der Waals surface area contributed by atoms with Crippen LogP contribution >= 0.6 is 0 Å². The highest BCUT2D eigenvalue weighted by molar-refractivity contribution is 5.27. The van der Waals surface area contributed by atoms with E-state index in [-0.39, 0.29) is 6.04 Å². The molecule has 0 spiro atoms. The molecule has 0 aliphatic heterocycles. The fraction of sp³-hybridized carbons (Fsp3) is 0.364. The van der Waals surface area contributed by atoms with Crippen LogP contribution in [0.15, 0.2) is 24.3 Å². The number of hydrogen-bond donors (Lipinski definition) is 1. The van der Waals surface area contributed by atoms with Crippen molar-refractivity contribution in [1.29, 1.82) is 0 Å². The lowest BCUT2D eigenvalue weighted by Crippen LogP contribution is -2.18. The first-order valence-corrected chi connectivity index (χ1v) is 4.52. The topological polar surface area (TPSA) is 35.2 Å². The van der Waals surface area contributed by atoms with Crippen LogP contribution in [0.2, 0.25) is 0 Å². The van der Waals surface area contributed by atoms with Crippen molar-refractivity contribution in [3.8, 4) is 5.75 Å². The molecule has 1 unspecified atom stereocenters. The van der Waals surface area contributed by atoms with Gasteiger partial charge in [-0.05, 0) is 38.0 Å². The maximum absolute atomic E-state index is 5.58. The van der Waals surface area contributed by atoms with Gasteiger partial charge in [0, 0.05) is 6.04 Å². The quantitative estimate of drug-likeness (QED) is 0.763. The molecule has 2 N–H and O–H groups in total. The molecule has 0 aliphatic carbocycles. The van der Waals surface area contributed by atoms with Crippen LogP contribution in [0.5, 0.6) is 5.75 Å². The van der Waals surface area contributed by atoms with Crippen LogP contribution in [0.25, 0.3) is 0 Å². The van der Waals surface area contributed by atoms with Crippen LogP contribution in [0.1, 0.15) is 12.5 Å². The summed E-state index contributed by atoms with van der Waals surface area (Å²) in [5, 5.41) is 0. The van der Waals surface area contributed by atoms with Gasteiger partial charge < -0.3 is 10.5 Å². The lowest BCUT2D eigenvalue weighted by Gasteiger charge is -2.06. The monoisotopic (exact) mass is 178 g/mol. The number of nitrogens with two attached hydrogens (primary N) is 1. The first-order chi connectivity index (χ1) is 6.22. The van der Waals surface area contributed by atoms with E-state index in [2.05, 4.69) is 6.92 Å². The lowest BCUT2D eigenvalue weighted by atomic mass is 10.1. The summed E-state index contributed by atoms with van der Waals surface area (Å²) in [4.78, 5) is 0. The van der Waals surface area contributed by atoms with Gasteiger partial charge in [0.15, 0.2) is 0 Å². The molecule has 0 saturated carbocycles.